The van der Waals surface area contributed by atoms with Crippen molar-refractivity contribution in [2.45, 2.75) is 19.2 Å². The number of amides is 1. The quantitative estimate of drug-likeness (QED) is 0.451. The average molecular weight is 201 g/mol. The molecule has 6 nitrogen and oxygen atoms in total. The van der Waals surface area contributed by atoms with Crippen molar-refractivity contribution in [3.8, 4) is 0 Å². The molecule has 2 atom stereocenters. The summed E-state index contributed by atoms with van der Waals surface area (Å²) in [4.78, 5) is 13.2. The van der Waals surface area contributed by atoms with Crippen molar-refractivity contribution < 1.29 is 14.3 Å². The van der Waals surface area contributed by atoms with Gasteiger partial charge in [-0.1, -0.05) is 0 Å². The van der Waals surface area contributed by atoms with E-state index in [0.717, 1.165) is 18.1 Å². The fraction of sp³-hybridized carbons (Fsp3) is 0.875. The SMILES string of the molecule is CC1C(N2CCOCC2)OC(=O)N1N. The van der Waals surface area contributed by atoms with Crippen LogP contribution in [-0.4, -0.2) is 54.6 Å². The van der Waals surface area contributed by atoms with E-state index in [1.165, 1.54) is 0 Å². The Balaban J connectivity index is 2.00. The standard InChI is InChI=1S/C8H15N3O3/c1-6-7(14-8(12)11(6)9)10-2-4-13-5-3-10/h6-7H,2-5,9H2,1H3. The van der Waals surface area contributed by atoms with E-state index in [1.807, 2.05) is 6.92 Å². The largest absolute Gasteiger partial charge is 0.427 e. The van der Waals surface area contributed by atoms with Crippen molar-refractivity contribution in [2.75, 3.05) is 26.3 Å². The van der Waals surface area contributed by atoms with Crippen LogP contribution in [0.2, 0.25) is 0 Å². The number of carbonyl (C=O) groups excluding carboxylic acids is 1. The van der Waals surface area contributed by atoms with Crippen molar-refractivity contribution in [2.24, 2.45) is 5.84 Å². The van der Waals surface area contributed by atoms with Gasteiger partial charge in [0.2, 0.25) is 0 Å². The molecule has 0 saturated carbocycles. The van der Waals surface area contributed by atoms with Crippen LogP contribution in [-0.2, 0) is 9.47 Å². The highest BCUT2D eigenvalue weighted by atomic mass is 16.6. The Labute approximate surface area is 82.5 Å². The highest BCUT2D eigenvalue weighted by molar-refractivity contribution is 5.69. The Kier molecular flexibility index (Phi) is 2.58. The van der Waals surface area contributed by atoms with Gasteiger partial charge in [0.15, 0.2) is 6.23 Å². The fourth-order valence-electron chi connectivity index (χ4n) is 1.78. The van der Waals surface area contributed by atoms with Gasteiger partial charge in [-0.15, -0.1) is 0 Å². The molecule has 0 spiro atoms. The van der Waals surface area contributed by atoms with E-state index in [2.05, 4.69) is 4.90 Å². The van der Waals surface area contributed by atoms with Crippen molar-refractivity contribution in [1.29, 1.82) is 0 Å². The van der Waals surface area contributed by atoms with Crippen molar-refractivity contribution in [3.63, 3.8) is 0 Å². The molecule has 0 aromatic rings. The minimum atomic E-state index is -0.450. The molecule has 2 fully saturated rings. The maximum Gasteiger partial charge on any atom is 0.426 e. The van der Waals surface area contributed by atoms with Crippen LogP contribution in [0, 0.1) is 0 Å². The molecule has 6 heteroatoms. The van der Waals surface area contributed by atoms with E-state index in [1.54, 1.807) is 0 Å². The zero-order chi connectivity index (χ0) is 10.1. The van der Waals surface area contributed by atoms with Gasteiger partial charge in [0, 0.05) is 13.1 Å². The Morgan fingerprint density at radius 2 is 2.07 bits per heavy atom. The molecular formula is C8H15N3O3. The number of cyclic esters (lactones) is 1. The number of rotatable bonds is 1. The Morgan fingerprint density at radius 1 is 1.43 bits per heavy atom. The molecule has 2 heterocycles. The maximum atomic E-state index is 11.2. The number of hydrogen-bond donors (Lipinski definition) is 1. The first-order valence-electron chi connectivity index (χ1n) is 4.76. The van der Waals surface area contributed by atoms with Crippen LogP contribution in [0.15, 0.2) is 0 Å². The molecule has 14 heavy (non-hydrogen) atoms. The van der Waals surface area contributed by atoms with Gasteiger partial charge in [0.1, 0.15) is 0 Å². The van der Waals surface area contributed by atoms with E-state index in [0.29, 0.717) is 13.2 Å². The van der Waals surface area contributed by atoms with Gasteiger partial charge in [-0.2, -0.15) is 0 Å². The summed E-state index contributed by atoms with van der Waals surface area (Å²) in [5, 5.41) is 1.14. The summed E-state index contributed by atoms with van der Waals surface area (Å²) in [7, 11) is 0. The van der Waals surface area contributed by atoms with Gasteiger partial charge >= 0.3 is 6.09 Å². The third-order valence-electron chi connectivity index (χ3n) is 2.69. The van der Waals surface area contributed by atoms with E-state index >= 15 is 0 Å². The predicted octanol–water partition coefficient (Wildman–Crippen LogP) is -0.641. The third-order valence-corrected chi connectivity index (χ3v) is 2.69. The molecule has 1 amide bonds. The van der Waals surface area contributed by atoms with Gasteiger partial charge < -0.3 is 9.47 Å². The summed E-state index contributed by atoms with van der Waals surface area (Å²) < 4.78 is 10.4. The number of ether oxygens (including phenoxy) is 2. The zero-order valence-electron chi connectivity index (χ0n) is 8.18. The first kappa shape index (κ1) is 9.70. The van der Waals surface area contributed by atoms with E-state index in [4.69, 9.17) is 15.3 Å². The first-order chi connectivity index (χ1) is 6.70. The number of nitrogens with zero attached hydrogens (tertiary/aromatic N) is 2. The van der Waals surface area contributed by atoms with Crippen LogP contribution < -0.4 is 5.84 Å². The molecule has 2 unspecified atom stereocenters. The monoisotopic (exact) mass is 201 g/mol. The van der Waals surface area contributed by atoms with Crippen LogP contribution in [0.3, 0.4) is 0 Å². The second kappa shape index (κ2) is 3.72. The van der Waals surface area contributed by atoms with Crippen LogP contribution >= 0.6 is 0 Å². The van der Waals surface area contributed by atoms with Crippen LogP contribution in [0.4, 0.5) is 4.79 Å². The molecule has 2 aliphatic rings. The molecule has 0 radical (unpaired) electrons. The highest BCUT2D eigenvalue weighted by Crippen LogP contribution is 2.19. The number of hydrazine groups is 1. The highest BCUT2D eigenvalue weighted by Gasteiger charge is 2.41. The fourth-order valence-corrected chi connectivity index (χ4v) is 1.78. The lowest BCUT2D eigenvalue weighted by atomic mass is 10.2. The van der Waals surface area contributed by atoms with Gasteiger partial charge in [0.25, 0.3) is 0 Å². The topological polar surface area (TPSA) is 68.0 Å². The summed E-state index contributed by atoms with van der Waals surface area (Å²) in [5.41, 5.74) is 0. The third kappa shape index (κ3) is 1.56. The lowest BCUT2D eigenvalue weighted by Gasteiger charge is -2.32. The van der Waals surface area contributed by atoms with Crippen molar-refractivity contribution in [1.82, 2.24) is 9.91 Å². The van der Waals surface area contributed by atoms with E-state index < -0.39 is 6.09 Å². The number of nitrogens with two attached hydrogens (primary N) is 1. The smallest absolute Gasteiger partial charge is 0.426 e. The molecule has 0 aromatic heterocycles. The summed E-state index contributed by atoms with van der Waals surface area (Å²) >= 11 is 0. The predicted molar refractivity (Wildman–Crippen MR) is 48.1 cm³/mol. The van der Waals surface area contributed by atoms with Gasteiger partial charge in [-0.25, -0.2) is 15.6 Å². The molecule has 2 aliphatic heterocycles. The molecule has 0 bridgehead atoms. The van der Waals surface area contributed by atoms with Crippen LogP contribution in [0.25, 0.3) is 0 Å². The van der Waals surface area contributed by atoms with E-state index in [9.17, 15) is 4.79 Å². The second-order valence-corrected chi connectivity index (χ2v) is 3.57. The lowest BCUT2D eigenvalue weighted by molar-refractivity contribution is -0.0549. The van der Waals surface area contributed by atoms with E-state index in [-0.39, 0.29) is 12.3 Å². The molecule has 80 valence electrons. The minimum absolute atomic E-state index is 0.0967. The van der Waals surface area contributed by atoms with Crippen LogP contribution in [0.5, 0.6) is 0 Å². The summed E-state index contributed by atoms with van der Waals surface area (Å²) in [6.07, 6.45) is -0.676. The minimum Gasteiger partial charge on any atom is -0.427 e. The molecule has 0 aliphatic carbocycles. The number of carbonyl (C=O) groups is 1. The van der Waals surface area contributed by atoms with Crippen molar-refractivity contribution >= 4 is 6.09 Å². The van der Waals surface area contributed by atoms with Crippen molar-refractivity contribution in [3.05, 3.63) is 0 Å². The van der Waals surface area contributed by atoms with Gasteiger partial charge in [-0.3, -0.25) is 4.90 Å². The Bertz CT molecular complexity index is 230. The normalized spacial score (nSPS) is 34.7. The average Bonchev–Trinajstić information content (AvgIpc) is 2.47. The molecule has 2 N–H and O–H groups in total. The summed E-state index contributed by atoms with van der Waals surface area (Å²) in [5.74, 6) is 5.52. The molecule has 0 aromatic carbocycles. The van der Waals surface area contributed by atoms with Crippen LogP contribution in [0.1, 0.15) is 6.92 Å². The van der Waals surface area contributed by atoms with Gasteiger partial charge in [-0.05, 0) is 6.92 Å². The maximum absolute atomic E-state index is 11.2. The second-order valence-electron chi connectivity index (χ2n) is 3.57. The molecular weight excluding hydrogens is 186 g/mol. The number of hydrogen-bond acceptors (Lipinski definition) is 5. The van der Waals surface area contributed by atoms with Gasteiger partial charge in [0.05, 0.1) is 19.3 Å². The molecule has 2 saturated heterocycles. The molecule has 2 rings (SSSR count). The Morgan fingerprint density at radius 3 is 2.57 bits per heavy atom. The first-order valence-corrected chi connectivity index (χ1v) is 4.76. The summed E-state index contributed by atoms with van der Waals surface area (Å²) in [6, 6.07) is -0.0967. The summed E-state index contributed by atoms with van der Waals surface area (Å²) in [6.45, 7) is 4.83. The number of morpholine rings is 1. The lowest BCUT2D eigenvalue weighted by Crippen LogP contribution is -2.50. The zero-order valence-corrected chi connectivity index (χ0v) is 8.18. The Hall–Kier alpha value is -0.850.